The molecule has 1 N–H and O–H groups in total. The Morgan fingerprint density at radius 3 is 2.60 bits per heavy atom. The Morgan fingerprint density at radius 2 is 2.00 bits per heavy atom. The van der Waals surface area contributed by atoms with Crippen molar-refractivity contribution in [2.75, 3.05) is 0 Å². The van der Waals surface area contributed by atoms with Crippen LogP contribution in [0.5, 0.6) is 0 Å². The molecule has 0 unspecified atom stereocenters. The molecule has 15 heavy (non-hydrogen) atoms. The zero-order valence-corrected chi connectivity index (χ0v) is 8.96. The van der Waals surface area contributed by atoms with Gasteiger partial charge in [0.05, 0.1) is 5.52 Å². The topological polar surface area (TPSA) is 63.1 Å². The van der Waals surface area contributed by atoms with Crippen LogP contribution < -0.4 is 5.76 Å². The van der Waals surface area contributed by atoms with Crippen LogP contribution in [0.2, 0.25) is 0 Å². The van der Waals surface area contributed by atoms with Crippen LogP contribution in [0.25, 0.3) is 11.1 Å². The van der Waals surface area contributed by atoms with E-state index in [2.05, 4.69) is 4.98 Å². The van der Waals surface area contributed by atoms with Gasteiger partial charge in [0.25, 0.3) is 0 Å². The third-order valence-corrected chi connectivity index (χ3v) is 1.83. The van der Waals surface area contributed by atoms with Gasteiger partial charge in [0, 0.05) is 5.56 Å². The maximum Gasteiger partial charge on any atom is 0.417 e. The van der Waals surface area contributed by atoms with Crippen LogP contribution in [0, 0.1) is 0 Å². The Hall–Kier alpha value is -1.84. The fourth-order valence-corrected chi connectivity index (χ4v) is 1.16. The molecular formula is C11H13NO3. The number of H-pyrrole nitrogens is 1. The fourth-order valence-electron chi connectivity index (χ4n) is 1.16. The number of carbonyl (C=O) groups is 1. The molecule has 0 saturated carbocycles. The van der Waals surface area contributed by atoms with E-state index in [1.54, 1.807) is 18.2 Å². The molecule has 0 bridgehead atoms. The number of fused-ring (bicyclic) bond motifs is 1. The number of nitrogens with one attached hydrogen (secondary N) is 1. The zero-order valence-electron chi connectivity index (χ0n) is 8.96. The van der Waals surface area contributed by atoms with E-state index < -0.39 is 5.76 Å². The van der Waals surface area contributed by atoms with Crippen molar-refractivity contribution in [1.82, 2.24) is 4.98 Å². The average molecular weight is 207 g/mol. The van der Waals surface area contributed by atoms with Crippen molar-refractivity contribution >= 4 is 16.9 Å². The molecule has 0 fully saturated rings. The summed E-state index contributed by atoms with van der Waals surface area (Å²) in [4.78, 5) is 24.2. The minimum Gasteiger partial charge on any atom is -0.408 e. The molecule has 0 saturated heterocycles. The molecule has 2 aromatic rings. The number of hydrogen-bond acceptors (Lipinski definition) is 3. The molecule has 0 spiro atoms. The molecule has 0 amide bonds. The summed E-state index contributed by atoms with van der Waals surface area (Å²) in [5.74, 6) is -0.554. The predicted octanol–water partition coefficient (Wildman–Crippen LogP) is 2.35. The number of hydrogen-bond donors (Lipinski definition) is 1. The second-order valence-corrected chi connectivity index (χ2v) is 2.78. The summed E-state index contributed by atoms with van der Waals surface area (Å²) in [6.07, 6.45) is 0. The summed E-state index contributed by atoms with van der Waals surface area (Å²) in [5.41, 5.74) is 1.56. The normalized spacial score (nSPS) is 9.53. The standard InChI is InChI=1S/C9H7NO3.C2H6/c1-5(11)6-2-3-7-8(4-6)13-9(12)10-7;1-2/h2-4H,1H3,(H,10,12);1-2H3. The Labute approximate surface area is 86.9 Å². The first-order chi connectivity index (χ1) is 7.16. The van der Waals surface area contributed by atoms with Gasteiger partial charge in [0.2, 0.25) is 0 Å². The van der Waals surface area contributed by atoms with Gasteiger partial charge in [0.15, 0.2) is 11.4 Å². The van der Waals surface area contributed by atoms with Gasteiger partial charge < -0.3 is 4.42 Å². The van der Waals surface area contributed by atoms with Gasteiger partial charge in [0.1, 0.15) is 0 Å². The van der Waals surface area contributed by atoms with E-state index >= 15 is 0 Å². The number of oxazole rings is 1. The monoisotopic (exact) mass is 207 g/mol. The maximum absolute atomic E-state index is 11.0. The largest absolute Gasteiger partial charge is 0.417 e. The van der Waals surface area contributed by atoms with Gasteiger partial charge in [-0.2, -0.15) is 0 Å². The Balaban J connectivity index is 0.000000531. The number of ketones is 1. The van der Waals surface area contributed by atoms with Crippen molar-refractivity contribution in [3.05, 3.63) is 34.3 Å². The number of carbonyl (C=O) groups excluding carboxylic acids is 1. The van der Waals surface area contributed by atoms with E-state index in [9.17, 15) is 9.59 Å². The smallest absolute Gasteiger partial charge is 0.408 e. The predicted molar refractivity (Wildman–Crippen MR) is 58.2 cm³/mol. The molecule has 4 heteroatoms. The van der Waals surface area contributed by atoms with Crippen LogP contribution in [0.1, 0.15) is 31.1 Å². The van der Waals surface area contributed by atoms with Crippen LogP contribution in [-0.4, -0.2) is 10.8 Å². The molecule has 1 aromatic carbocycles. The van der Waals surface area contributed by atoms with Crippen molar-refractivity contribution in [1.29, 1.82) is 0 Å². The molecule has 0 aliphatic rings. The summed E-state index contributed by atoms with van der Waals surface area (Å²) in [5, 5.41) is 0. The molecule has 2 rings (SSSR count). The summed E-state index contributed by atoms with van der Waals surface area (Å²) in [6.45, 7) is 5.46. The van der Waals surface area contributed by atoms with Crippen molar-refractivity contribution < 1.29 is 9.21 Å². The molecule has 0 aliphatic heterocycles. The van der Waals surface area contributed by atoms with Gasteiger partial charge in [-0.1, -0.05) is 13.8 Å². The highest BCUT2D eigenvalue weighted by Gasteiger charge is 2.04. The van der Waals surface area contributed by atoms with Gasteiger partial charge in [-0.15, -0.1) is 0 Å². The first kappa shape index (κ1) is 11.2. The lowest BCUT2D eigenvalue weighted by Gasteiger charge is -1.92. The van der Waals surface area contributed by atoms with Crippen molar-refractivity contribution in [3.8, 4) is 0 Å². The number of Topliss-reactive ketones (excluding diaryl/α,β-unsaturated/α-hetero) is 1. The molecule has 0 radical (unpaired) electrons. The number of aromatic amines is 1. The summed E-state index contributed by atoms with van der Waals surface area (Å²) < 4.78 is 4.80. The van der Waals surface area contributed by atoms with E-state index in [1.807, 2.05) is 13.8 Å². The average Bonchev–Trinajstić information content (AvgIpc) is 2.59. The van der Waals surface area contributed by atoms with Crippen LogP contribution in [-0.2, 0) is 0 Å². The third kappa shape index (κ3) is 2.34. The Morgan fingerprint density at radius 1 is 1.33 bits per heavy atom. The highest BCUT2D eigenvalue weighted by Crippen LogP contribution is 2.12. The van der Waals surface area contributed by atoms with Crippen LogP contribution in [0.4, 0.5) is 0 Å². The van der Waals surface area contributed by atoms with Crippen molar-refractivity contribution in [2.45, 2.75) is 20.8 Å². The third-order valence-electron chi connectivity index (χ3n) is 1.83. The Bertz CT molecular complexity index is 522. The summed E-state index contributed by atoms with van der Waals surface area (Å²) >= 11 is 0. The number of rotatable bonds is 1. The molecule has 1 heterocycles. The molecule has 0 atom stereocenters. The SMILES string of the molecule is CC.CC(=O)c1ccc2[nH]c(=O)oc2c1. The second kappa shape index (κ2) is 4.59. The number of benzene rings is 1. The minimum absolute atomic E-state index is 0.0502. The van der Waals surface area contributed by atoms with Crippen LogP contribution in [0.3, 0.4) is 0 Å². The highest BCUT2D eigenvalue weighted by molar-refractivity contribution is 5.96. The number of aromatic nitrogens is 1. The summed E-state index contributed by atoms with van der Waals surface area (Å²) in [7, 11) is 0. The summed E-state index contributed by atoms with van der Waals surface area (Å²) in [6, 6.07) is 4.85. The lowest BCUT2D eigenvalue weighted by atomic mass is 10.1. The van der Waals surface area contributed by atoms with Gasteiger partial charge in [-0.25, -0.2) is 4.79 Å². The van der Waals surface area contributed by atoms with Gasteiger partial charge in [-0.05, 0) is 25.1 Å². The fraction of sp³-hybridized carbons (Fsp3) is 0.273. The van der Waals surface area contributed by atoms with Crippen LogP contribution in [0.15, 0.2) is 27.4 Å². The van der Waals surface area contributed by atoms with E-state index in [-0.39, 0.29) is 5.78 Å². The van der Waals surface area contributed by atoms with E-state index in [4.69, 9.17) is 4.42 Å². The molecule has 1 aromatic heterocycles. The van der Waals surface area contributed by atoms with E-state index in [0.29, 0.717) is 16.7 Å². The first-order valence-corrected chi connectivity index (χ1v) is 4.80. The van der Waals surface area contributed by atoms with Gasteiger partial charge >= 0.3 is 5.76 Å². The van der Waals surface area contributed by atoms with E-state index in [0.717, 1.165) is 0 Å². The van der Waals surface area contributed by atoms with Gasteiger partial charge in [-0.3, -0.25) is 9.78 Å². The van der Waals surface area contributed by atoms with Crippen molar-refractivity contribution in [2.24, 2.45) is 0 Å². The van der Waals surface area contributed by atoms with Crippen molar-refractivity contribution in [3.63, 3.8) is 0 Å². The highest BCUT2D eigenvalue weighted by atomic mass is 16.4. The lowest BCUT2D eigenvalue weighted by molar-refractivity contribution is 0.101. The zero-order chi connectivity index (χ0) is 11.4. The quantitative estimate of drug-likeness (QED) is 0.730. The first-order valence-electron chi connectivity index (χ1n) is 4.80. The molecule has 0 aliphatic carbocycles. The molecule has 80 valence electrons. The maximum atomic E-state index is 11.0. The molecular weight excluding hydrogens is 194 g/mol. The van der Waals surface area contributed by atoms with Crippen LogP contribution >= 0.6 is 0 Å². The minimum atomic E-state index is -0.504. The van der Waals surface area contributed by atoms with E-state index in [1.165, 1.54) is 6.92 Å². The molecule has 4 nitrogen and oxygen atoms in total. The second-order valence-electron chi connectivity index (χ2n) is 2.78. The lowest BCUT2D eigenvalue weighted by Crippen LogP contribution is -1.92. The Kier molecular flexibility index (Phi) is 3.44.